The number of benzene rings is 2. The Morgan fingerprint density at radius 3 is 2.70 bits per heavy atom. The van der Waals surface area contributed by atoms with E-state index in [4.69, 9.17) is 16.3 Å². The van der Waals surface area contributed by atoms with Gasteiger partial charge in [0, 0.05) is 17.0 Å². The van der Waals surface area contributed by atoms with Gasteiger partial charge >= 0.3 is 0 Å². The highest BCUT2D eigenvalue weighted by Crippen LogP contribution is 2.33. The van der Waals surface area contributed by atoms with E-state index in [0.717, 1.165) is 22.6 Å². The summed E-state index contributed by atoms with van der Waals surface area (Å²) >= 11 is 7.55. The highest BCUT2D eigenvalue weighted by Gasteiger charge is 2.21. The highest BCUT2D eigenvalue weighted by atomic mass is 35.5. The van der Waals surface area contributed by atoms with Crippen LogP contribution in [0.3, 0.4) is 0 Å². The molecule has 0 fully saturated rings. The molecule has 27 heavy (non-hydrogen) atoms. The molecule has 0 saturated carbocycles. The van der Waals surface area contributed by atoms with Crippen molar-refractivity contribution in [2.45, 2.75) is 18.4 Å². The van der Waals surface area contributed by atoms with E-state index in [-0.39, 0.29) is 17.2 Å². The summed E-state index contributed by atoms with van der Waals surface area (Å²) in [5, 5.41) is 1.28. The van der Waals surface area contributed by atoms with Gasteiger partial charge in [-0.2, -0.15) is 0 Å². The summed E-state index contributed by atoms with van der Waals surface area (Å²) in [5.41, 5.74) is 1.48. The lowest BCUT2D eigenvalue weighted by Crippen LogP contribution is -2.23. The molecule has 0 saturated heterocycles. The second-order valence-corrected chi connectivity index (χ2v) is 8.85. The van der Waals surface area contributed by atoms with Gasteiger partial charge in [0.1, 0.15) is 21.5 Å². The lowest BCUT2D eigenvalue weighted by molar-refractivity contribution is 0.400. The molecule has 1 heterocycles. The van der Waals surface area contributed by atoms with Gasteiger partial charge in [-0.25, -0.2) is 22.5 Å². The van der Waals surface area contributed by atoms with E-state index >= 15 is 0 Å². The summed E-state index contributed by atoms with van der Waals surface area (Å²) in [4.78, 5) is 4.97. The molecule has 0 atom stereocenters. The quantitative estimate of drug-likeness (QED) is 0.634. The maximum Gasteiger partial charge on any atom is 0.244 e. The fraction of sp³-hybridized carbons (Fsp3) is 0.167. The Kier molecular flexibility index (Phi) is 5.81. The van der Waals surface area contributed by atoms with Gasteiger partial charge in [0.05, 0.1) is 17.8 Å². The topological polar surface area (TPSA) is 68.3 Å². The molecule has 3 rings (SSSR count). The lowest BCUT2D eigenvalue weighted by Gasteiger charge is -2.10. The normalized spacial score (nSPS) is 11.6. The van der Waals surface area contributed by atoms with Crippen molar-refractivity contribution >= 4 is 33.0 Å². The number of sulfonamides is 1. The maximum atomic E-state index is 13.5. The van der Waals surface area contributed by atoms with Gasteiger partial charge in [-0.05, 0) is 31.2 Å². The largest absolute Gasteiger partial charge is 0.495 e. The zero-order chi connectivity index (χ0) is 19.6. The average Bonchev–Trinajstić information content (AvgIpc) is 3.01. The SMILES string of the molecule is COc1ccc(F)cc1S(=O)(=O)NCc1sc(-c2ccccc2Cl)nc1C. The van der Waals surface area contributed by atoms with Crippen LogP contribution in [0.1, 0.15) is 10.6 Å². The summed E-state index contributed by atoms with van der Waals surface area (Å²) in [6, 6.07) is 10.6. The number of aromatic nitrogens is 1. The van der Waals surface area contributed by atoms with Gasteiger partial charge in [-0.15, -0.1) is 11.3 Å². The van der Waals surface area contributed by atoms with E-state index in [1.165, 1.54) is 24.5 Å². The van der Waals surface area contributed by atoms with Crippen molar-refractivity contribution < 1.29 is 17.5 Å². The molecule has 0 amide bonds. The van der Waals surface area contributed by atoms with Crippen LogP contribution in [0.5, 0.6) is 5.75 Å². The van der Waals surface area contributed by atoms with E-state index in [9.17, 15) is 12.8 Å². The Hall–Kier alpha value is -2.00. The number of methoxy groups -OCH3 is 1. The van der Waals surface area contributed by atoms with Crippen LogP contribution in [0.15, 0.2) is 47.4 Å². The third kappa shape index (κ3) is 4.30. The van der Waals surface area contributed by atoms with E-state index in [1.54, 1.807) is 13.0 Å². The van der Waals surface area contributed by atoms with Crippen LogP contribution in [-0.2, 0) is 16.6 Å². The van der Waals surface area contributed by atoms with Crippen molar-refractivity contribution in [3.63, 3.8) is 0 Å². The van der Waals surface area contributed by atoms with Crippen molar-refractivity contribution in [1.82, 2.24) is 9.71 Å². The molecule has 0 bridgehead atoms. The van der Waals surface area contributed by atoms with Crippen molar-refractivity contribution in [3.8, 4) is 16.3 Å². The Morgan fingerprint density at radius 1 is 1.26 bits per heavy atom. The third-order valence-corrected chi connectivity index (χ3v) is 6.78. The maximum absolute atomic E-state index is 13.5. The van der Waals surface area contributed by atoms with Gasteiger partial charge in [-0.3, -0.25) is 0 Å². The fourth-order valence-electron chi connectivity index (χ4n) is 2.44. The van der Waals surface area contributed by atoms with Crippen LogP contribution in [0.25, 0.3) is 10.6 Å². The number of nitrogens with one attached hydrogen (secondary N) is 1. The lowest BCUT2D eigenvalue weighted by atomic mass is 10.2. The number of rotatable bonds is 6. The van der Waals surface area contributed by atoms with Crippen LogP contribution in [0.4, 0.5) is 4.39 Å². The van der Waals surface area contributed by atoms with Crippen molar-refractivity contribution in [2.24, 2.45) is 0 Å². The highest BCUT2D eigenvalue weighted by molar-refractivity contribution is 7.89. The number of hydrogen-bond acceptors (Lipinski definition) is 5. The van der Waals surface area contributed by atoms with Gasteiger partial charge in [-0.1, -0.05) is 29.8 Å². The van der Waals surface area contributed by atoms with E-state index in [0.29, 0.717) is 15.7 Å². The first-order chi connectivity index (χ1) is 12.8. The third-order valence-electron chi connectivity index (χ3n) is 3.83. The van der Waals surface area contributed by atoms with Crippen LogP contribution in [0, 0.1) is 12.7 Å². The molecule has 0 unspecified atom stereocenters. The molecule has 9 heteroatoms. The van der Waals surface area contributed by atoms with Crippen LogP contribution >= 0.6 is 22.9 Å². The average molecular weight is 427 g/mol. The van der Waals surface area contributed by atoms with E-state index in [1.807, 2.05) is 18.2 Å². The first-order valence-electron chi connectivity index (χ1n) is 7.86. The first-order valence-corrected chi connectivity index (χ1v) is 10.5. The molecular formula is C18H16ClFN2O3S2. The minimum Gasteiger partial charge on any atom is -0.495 e. The minimum atomic E-state index is -3.97. The summed E-state index contributed by atoms with van der Waals surface area (Å²) in [6.07, 6.45) is 0. The fourth-order valence-corrected chi connectivity index (χ4v) is 5.03. The summed E-state index contributed by atoms with van der Waals surface area (Å²) in [5.74, 6) is -0.590. The predicted molar refractivity (Wildman–Crippen MR) is 104 cm³/mol. The molecule has 0 aliphatic rings. The summed E-state index contributed by atoms with van der Waals surface area (Å²) in [7, 11) is -2.64. The number of thiazole rings is 1. The molecule has 142 valence electrons. The standard InChI is InChI=1S/C18H16ClFN2O3S2/c1-11-16(26-18(22-11)13-5-3-4-6-14(13)19)10-21-27(23,24)17-9-12(20)7-8-15(17)25-2/h3-9,21H,10H2,1-2H3. The van der Waals surface area contributed by atoms with Crippen molar-refractivity contribution in [1.29, 1.82) is 0 Å². The number of aryl methyl sites for hydroxylation is 1. The van der Waals surface area contributed by atoms with Crippen molar-refractivity contribution in [3.05, 3.63) is 63.9 Å². The molecule has 5 nitrogen and oxygen atoms in total. The Labute approximate surface area is 165 Å². The van der Waals surface area contributed by atoms with Crippen LogP contribution in [0.2, 0.25) is 5.02 Å². The smallest absolute Gasteiger partial charge is 0.244 e. The summed E-state index contributed by atoms with van der Waals surface area (Å²) in [6.45, 7) is 1.82. The summed E-state index contributed by atoms with van der Waals surface area (Å²) < 4.78 is 46.2. The molecule has 2 aromatic carbocycles. The Bertz CT molecular complexity index is 1080. The zero-order valence-corrected chi connectivity index (χ0v) is 16.9. The van der Waals surface area contributed by atoms with Gasteiger partial charge in [0.2, 0.25) is 10.0 Å². The van der Waals surface area contributed by atoms with Crippen LogP contribution < -0.4 is 9.46 Å². The van der Waals surface area contributed by atoms with Gasteiger partial charge < -0.3 is 4.74 Å². The number of halogens is 2. The predicted octanol–water partition coefficient (Wildman–Crippen LogP) is 4.40. The Balaban J connectivity index is 1.85. The molecular weight excluding hydrogens is 411 g/mol. The molecule has 0 aliphatic heterocycles. The van der Waals surface area contributed by atoms with E-state index < -0.39 is 15.8 Å². The molecule has 0 radical (unpaired) electrons. The molecule has 1 N–H and O–H groups in total. The first kappa shape index (κ1) is 19.8. The minimum absolute atomic E-state index is 0.0238. The molecule has 1 aromatic heterocycles. The second kappa shape index (κ2) is 7.93. The van der Waals surface area contributed by atoms with Crippen LogP contribution in [-0.4, -0.2) is 20.5 Å². The molecule has 0 spiro atoms. The second-order valence-electron chi connectivity index (χ2n) is 5.63. The van der Waals surface area contributed by atoms with Gasteiger partial charge in [0.25, 0.3) is 0 Å². The monoisotopic (exact) mass is 426 g/mol. The molecule has 0 aliphatic carbocycles. The zero-order valence-electron chi connectivity index (χ0n) is 14.5. The Morgan fingerprint density at radius 2 is 2.00 bits per heavy atom. The van der Waals surface area contributed by atoms with Gasteiger partial charge in [0.15, 0.2) is 0 Å². The van der Waals surface area contributed by atoms with Crippen molar-refractivity contribution in [2.75, 3.05) is 7.11 Å². The van der Waals surface area contributed by atoms with E-state index in [2.05, 4.69) is 9.71 Å². The number of nitrogens with zero attached hydrogens (tertiary/aromatic N) is 1. The number of ether oxygens (including phenoxy) is 1. The number of hydrogen-bond donors (Lipinski definition) is 1. The molecule has 3 aromatic rings.